The van der Waals surface area contributed by atoms with Gasteiger partial charge in [-0.25, -0.2) is 9.78 Å². The fourth-order valence-electron chi connectivity index (χ4n) is 2.72. The highest BCUT2D eigenvalue weighted by molar-refractivity contribution is 5.66. The van der Waals surface area contributed by atoms with Crippen LogP contribution in [0.15, 0.2) is 24.4 Å². The summed E-state index contributed by atoms with van der Waals surface area (Å²) in [4.78, 5) is 14.2. The van der Waals surface area contributed by atoms with Crippen LogP contribution in [0.1, 0.15) is 67.4 Å². The van der Waals surface area contributed by atoms with Gasteiger partial charge in [0.2, 0.25) is 0 Å². The summed E-state index contributed by atoms with van der Waals surface area (Å²) in [7, 11) is 0. The minimum absolute atomic E-state index is 0. The zero-order chi connectivity index (χ0) is 20.4. The third-order valence-corrected chi connectivity index (χ3v) is 4.50. The Morgan fingerprint density at radius 3 is 2.36 bits per heavy atom. The number of amides is 1. The molecular formula is C20H34N6O2. The van der Waals surface area contributed by atoms with Crippen LogP contribution >= 0.6 is 0 Å². The van der Waals surface area contributed by atoms with Gasteiger partial charge in [-0.05, 0) is 38.8 Å². The fraction of sp³-hybridized carbons (Fsp3) is 0.500. The van der Waals surface area contributed by atoms with Gasteiger partial charge in [-0.2, -0.15) is 10.4 Å². The maximum absolute atomic E-state index is 9.94. The van der Waals surface area contributed by atoms with Gasteiger partial charge in [0, 0.05) is 21.6 Å². The molecule has 2 heterocycles. The highest BCUT2D eigenvalue weighted by Crippen LogP contribution is 2.33. The quantitative estimate of drug-likeness (QED) is 0.569. The number of H-pyrrole nitrogens is 1. The number of nitriles is 1. The lowest BCUT2D eigenvalue weighted by Gasteiger charge is -2.04. The topological polar surface area (TPSA) is 127 Å². The summed E-state index contributed by atoms with van der Waals surface area (Å²) in [6.07, 6.45) is 10.2. The number of pyridine rings is 1. The van der Waals surface area contributed by atoms with Crippen LogP contribution in [-0.4, -0.2) is 31.9 Å². The smallest absolute Gasteiger partial charge is 0.405 e. The summed E-state index contributed by atoms with van der Waals surface area (Å²) in [5.41, 5.74) is 1.31. The van der Waals surface area contributed by atoms with Crippen molar-refractivity contribution in [2.75, 3.05) is 5.32 Å². The second-order valence-electron chi connectivity index (χ2n) is 7.35. The summed E-state index contributed by atoms with van der Waals surface area (Å²) in [6, 6.07) is 7.29. The van der Waals surface area contributed by atoms with E-state index in [1.165, 1.54) is 32.1 Å². The molecule has 1 amide bonds. The van der Waals surface area contributed by atoms with E-state index in [9.17, 15) is 4.79 Å². The van der Waals surface area contributed by atoms with Crippen LogP contribution in [0, 0.1) is 18.3 Å². The maximum atomic E-state index is 9.94. The Morgan fingerprint density at radius 1 is 1.29 bits per heavy atom. The molecule has 28 heavy (non-hydrogen) atoms. The van der Waals surface area contributed by atoms with Crippen LogP contribution in [0.4, 0.5) is 16.4 Å². The number of aromatic nitrogens is 3. The number of aromatic amines is 1. The lowest BCUT2D eigenvalue weighted by molar-refractivity contribution is 0.189. The molecule has 0 unspecified atom stereocenters. The molecule has 0 bridgehead atoms. The van der Waals surface area contributed by atoms with Crippen molar-refractivity contribution >= 4 is 17.7 Å². The number of rotatable bonds is 3. The van der Waals surface area contributed by atoms with E-state index in [1.807, 2.05) is 13.8 Å². The van der Waals surface area contributed by atoms with Crippen LogP contribution in [0.2, 0.25) is 0 Å². The molecule has 2 aromatic rings. The number of aryl methyl sites for hydroxylation is 1. The number of nitrogens with one attached hydrogen (secondary N) is 3. The van der Waals surface area contributed by atoms with E-state index < -0.39 is 6.09 Å². The van der Waals surface area contributed by atoms with Crippen LogP contribution in [0.3, 0.4) is 0 Å². The molecular weight excluding hydrogens is 356 g/mol. The molecule has 0 saturated heterocycles. The minimum atomic E-state index is -0.912. The maximum Gasteiger partial charge on any atom is 0.405 e. The largest absolute Gasteiger partial charge is 0.465 e. The standard InChI is InChI=1S/C10H9N5.C5H9NO2.C5H10.3H2/c1-7-4-8(6-11)5-10(13-7)14-9-2-3-12-15-9;1-5(2-3-5)6-4(7)8;1-2-4-5-3-1;;;/h2-5H,1H3,(H2,12,13,14,15);6H,2-3H2,1H3,(H,7,8);1-5H2;3*1H. The van der Waals surface area contributed by atoms with Crippen molar-refractivity contribution < 1.29 is 14.2 Å². The molecule has 0 aliphatic heterocycles. The molecule has 4 rings (SSSR count). The highest BCUT2D eigenvalue weighted by Gasteiger charge is 2.38. The molecule has 0 radical (unpaired) electrons. The van der Waals surface area contributed by atoms with Crippen molar-refractivity contribution in [2.45, 2.75) is 64.3 Å². The number of carbonyl (C=O) groups is 1. The number of hydrogen-bond donors (Lipinski definition) is 4. The summed E-state index contributed by atoms with van der Waals surface area (Å²) < 4.78 is 0. The lowest BCUT2D eigenvalue weighted by atomic mass is 10.2. The predicted molar refractivity (Wildman–Crippen MR) is 114 cm³/mol. The Morgan fingerprint density at radius 2 is 1.93 bits per heavy atom. The average Bonchev–Trinajstić information content (AvgIpc) is 3.09. The normalized spacial score (nSPS) is 15.8. The van der Waals surface area contributed by atoms with Crippen molar-refractivity contribution in [3.63, 3.8) is 0 Å². The molecule has 2 saturated carbocycles. The highest BCUT2D eigenvalue weighted by atomic mass is 16.4. The monoisotopic (exact) mass is 390 g/mol. The zero-order valence-electron chi connectivity index (χ0n) is 16.5. The Kier molecular flexibility index (Phi) is 7.81. The Labute approximate surface area is 169 Å². The second kappa shape index (κ2) is 10.3. The molecule has 2 fully saturated rings. The van der Waals surface area contributed by atoms with Gasteiger partial charge in [0.25, 0.3) is 0 Å². The van der Waals surface area contributed by atoms with Crippen LogP contribution in [0.5, 0.6) is 0 Å². The van der Waals surface area contributed by atoms with Crippen LogP contribution in [-0.2, 0) is 0 Å². The van der Waals surface area contributed by atoms with Crippen molar-refractivity contribution in [3.8, 4) is 6.07 Å². The van der Waals surface area contributed by atoms with Gasteiger partial charge < -0.3 is 15.7 Å². The first-order valence-corrected chi connectivity index (χ1v) is 9.56. The number of hydrogen-bond acceptors (Lipinski definition) is 5. The lowest BCUT2D eigenvalue weighted by Crippen LogP contribution is -2.32. The molecule has 0 atom stereocenters. The average molecular weight is 391 g/mol. The molecule has 8 heteroatoms. The summed E-state index contributed by atoms with van der Waals surface area (Å²) in [5, 5.41) is 29.0. The van der Waals surface area contributed by atoms with E-state index in [1.54, 1.807) is 24.4 Å². The molecule has 156 valence electrons. The number of nitrogens with zero attached hydrogens (tertiary/aromatic N) is 3. The number of anilines is 2. The Balaban J connectivity index is 0. The van der Waals surface area contributed by atoms with Crippen LogP contribution < -0.4 is 10.6 Å². The second-order valence-corrected chi connectivity index (χ2v) is 7.35. The molecule has 2 aliphatic carbocycles. The molecule has 2 aromatic heterocycles. The van der Waals surface area contributed by atoms with Gasteiger partial charge in [0.1, 0.15) is 11.6 Å². The van der Waals surface area contributed by atoms with Gasteiger partial charge in [0.05, 0.1) is 17.8 Å². The third-order valence-electron chi connectivity index (χ3n) is 4.50. The third kappa shape index (κ3) is 8.08. The number of carboxylic acid groups (broad SMARTS) is 1. The van der Waals surface area contributed by atoms with Gasteiger partial charge in [0.15, 0.2) is 0 Å². The summed E-state index contributed by atoms with van der Waals surface area (Å²) in [5.74, 6) is 1.38. The van der Waals surface area contributed by atoms with Crippen molar-refractivity contribution in [3.05, 3.63) is 35.7 Å². The molecule has 8 nitrogen and oxygen atoms in total. The molecule has 0 aromatic carbocycles. The van der Waals surface area contributed by atoms with Gasteiger partial charge in [-0.3, -0.25) is 5.10 Å². The van der Waals surface area contributed by atoms with E-state index in [0.717, 1.165) is 24.4 Å². The molecule has 4 N–H and O–H groups in total. The molecule has 0 spiro atoms. The SMILES string of the molecule is C1CCCC1.CC1(NC(=O)O)CC1.Cc1cc(C#N)cc(Nc2ccn[nH]2)n1.[HH].[HH].[HH]. The molecule has 2 aliphatic rings. The zero-order valence-corrected chi connectivity index (χ0v) is 16.5. The summed E-state index contributed by atoms with van der Waals surface area (Å²) in [6.45, 7) is 3.75. The van der Waals surface area contributed by atoms with Crippen LogP contribution in [0.25, 0.3) is 0 Å². The first kappa shape index (κ1) is 21.2. The van der Waals surface area contributed by atoms with Gasteiger partial charge in [-0.15, -0.1) is 0 Å². The van der Waals surface area contributed by atoms with E-state index in [-0.39, 0.29) is 9.82 Å². The fourth-order valence-corrected chi connectivity index (χ4v) is 2.72. The first-order valence-electron chi connectivity index (χ1n) is 9.56. The Bertz CT molecular complexity index is 796. The van der Waals surface area contributed by atoms with Crippen molar-refractivity contribution in [1.29, 1.82) is 5.26 Å². The van der Waals surface area contributed by atoms with Crippen molar-refractivity contribution in [1.82, 2.24) is 20.5 Å². The van der Waals surface area contributed by atoms with E-state index in [2.05, 4.69) is 31.9 Å². The van der Waals surface area contributed by atoms with E-state index in [0.29, 0.717) is 11.4 Å². The summed E-state index contributed by atoms with van der Waals surface area (Å²) >= 11 is 0. The van der Waals surface area contributed by atoms with E-state index in [4.69, 9.17) is 10.4 Å². The predicted octanol–water partition coefficient (Wildman–Crippen LogP) is 5.22. The van der Waals surface area contributed by atoms with Gasteiger partial charge >= 0.3 is 6.09 Å². The first-order chi connectivity index (χ1) is 13.4. The van der Waals surface area contributed by atoms with E-state index >= 15 is 0 Å². The Hall–Kier alpha value is -3.08. The minimum Gasteiger partial charge on any atom is -0.465 e. The van der Waals surface area contributed by atoms with Gasteiger partial charge in [-0.1, -0.05) is 32.1 Å². The van der Waals surface area contributed by atoms with Crippen molar-refractivity contribution in [2.24, 2.45) is 0 Å².